The summed E-state index contributed by atoms with van der Waals surface area (Å²) >= 11 is 13.2. The molecule has 73 heavy (non-hydrogen) atoms. The number of carbonyl (C=O) groups is 1. The SMILES string of the molecule is CCC12C(=O)C34C5C[C@H](Cc6ccc(Cl)cc6)N(C)C3[C@@H](COC(F)F)NC4[C@H](C)N(Cc3ccc(Cl)cc3Oc3ccc(-c4cnc(CN(C)C)n4C)cc3)C1C[C@@H](Cc1ccccc1)C2N(C)[C@@H](C)CN5. The van der Waals surface area contributed by atoms with Gasteiger partial charge in [0.1, 0.15) is 17.3 Å². The van der Waals surface area contributed by atoms with Crippen molar-refractivity contribution in [1.82, 2.24) is 39.8 Å². The second-order valence-electron chi connectivity index (χ2n) is 22.1. The van der Waals surface area contributed by atoms with Crippen LogP contribution < -0.4 is 15.4 Å². The van der Waals surface area contributed by atoms with Gasteiger partial charge in [-0.1, -0.05) is 78.7 Å². The summed E-state index contributed by atoms with van der Waals surface area (Å²) in [6.45, 7) is 5.44. The lowest BCUT2D eigenvalue weighted by Crippen LogP contribution is -2.73. The molecule has 11 nitrogen and oxygen atoms in total. The van der Waals surface area contributed by atoms with Crippen LogP contribution in [0.2, 0.25) is 10.0 Å². The van der Waals surface area contributed by atoms with Gasteiger partial charge in [-0.15, -0.1) is 0 Å². The minimum Gasteiger partial charge on any atom is -0.457 e. The van der Waals surface area contributed by atoms with E-state index >= 15 is 4.79 Å². The summed E-state index contributed by atoms with van der Waals surface area (Å²) in [7, 11) is 10.5. The second-order valence-corrected chi connectivity index (χ2v) is 23.0. The molecule has 5 aromatic rings. The van der Waals surface area contributed by atoms with Crippen molar-refractivity contribution in [2.45, 2.75) is 127 Å². The van der Waals surface area contributed by atoms with Gasteiger partial charge in [0.25, 0.3) is 0 Å². The molecule has 1 aromatic heterocycles. The fourth-order valence-electron chi connectivity index (χ4n) is 14.7. The van der Waals surface area contributed by atoms with Gasteiger partial charge in [0.2, 0.25) is 0 Å². The fraction of sp³-hybridized carbons (Fsp3) is 0.517. The maximum Gasteiger partial charge on any atom is 0.345 e. The molecule has 5 fully saturated rings. The van der Waals surface area contributed by atoms with Crippen LogP contribution in [0.5, 0.6) is 11.5 Å². The van der Waals surface area contributed by atoms with Crippen LogP contribution in [-0.4, -0.2) is 137 Å². The standard InChI is InChI=1S/C58H72Cl2F2N8O3/c1-9-57-50-27-41(25-37-13-11-10-12-14-37)53(57)67(6)35(2)30-63-49-29-44(26-38-15-20-42(59)21-16-38)68(7)54-46(34-72-56(61)62)65-52(58(49,54)55(57)71)36(3)70(50)32-40-17-22-43(60)28-48(40)73-45-23-18-39(19-24-45)47-31-64-51(69(47)8)33-66(4)5/h10-24,28,31,35-36,41,44,46,49-50,52-54,56,63,65H,9,25-27,29-30,32-34H2,1-8H3/t35-,36-,41+,44-,46+,49?,50?,52?,53?,54?,57?,58?/m0/s1. The van der Waals surface area contributed by atoms with Crippen LogP contribution in [-0.2, 0) is 42.5 Å². The highest BCUT2D eigenvalue weighted by atomic mass is 35.5. The van der Waals surface area contributed by atoms with Gasteiger partial charge >= 0.3 is 6.61 Å². The number of likely N-dealkylation sites (N-methyl/N-ethyl adjacent to an activating group) is 2. The summed E-state index contributed by atoms with van der Waals surface area (Å²) in [4.78, 5) is 31.7. The van der Waals surface area contributed by atoms with E-state index < -0.39 is 35.6 Å². The van der Waals surface area contributed by atoms with Crippen molar-refractivity contribution in [3.05, 3.63) is 136 Å². The van der Waals surface area contributed by atoms with E-state index in [9.17, 15) is 8.78 Å². The van der Waals surface area contributed by atoms with Crippen LogP contribution in [0.25, 0.3) is 11.3 Å². The Kier molecular flexibility index (Phi) is 15.0. The number of benzene rings is 4. The number of ether oxygens (including phenoxy) is 2. The predicted octanol–water partition coefficient (Wildman–Crippen LogP) is 9.59. The van der Waals surface area contributed by atoms with Gasteiger partial charge in [0.15, 0.2) is 5.78 Å². The number of nitrogens with zero attached hydrogens (tertiary/aromatic N) is 6. The molecule has 5 aliphatic rings. The normalized spacial score (nSPS) is 31.6. The van der Waals surface area contributed by atoms with Crippen LogP contribution in [0.15, 0.2) is 103 Å². The zero-order chi connectivity index (χ0) is 51.5. The largest absolute Gasteiger partial charge is 0.457 e. The van der Waals surface area contributed by atoms with E-state index in [4.69, 9.17) is 32.7 Å². The van der Waals surface area contributed by atoms with E-state index in [0.717, 1.165) is 47.6 Å². The first-order valence-electron chi connectivity index (χ1n) is 26.2. The molecule has 7 unspecified atom stereocenters. The smallest absolute Gasteiger partial charge is 0.345 e. The molecule has 2 N–H and O–H groups in total. The van der Waals surface area contributed by atoms with Gasteiger partial charge in [0, 0.05) is 95.7 Å². The number of hydrogen-bond acceptors (Lipinski definition) is 10. The van der Waals surface area contributed by atoms with Gasteiger partial charge in [-0.05, 0) is 140 Å². The highest BCUT2D eigenvalue weighted by molar-refractivity contribution is 6.31. The number of rotatable bonds is 15. The number of likely N-dealkylation sites (tertiary alicyclic amines) is 2. The van der Waals surface area contributed by atoms with Crippen molar-refractivity contribution < 1.29 is 23.0 Å². The van der Waals surface area contributed by atoms with Gasteiger partial charge in [-0.3, -0.25) is 19.5 Å². The maximum atomic E-state index is 17.4. The second kappa shape index (κ2) is 21.0. The molecule has 1 saturated carbocycles. The summed E-state index contributed by atoms with van der Waals surface area (Å²) in [6.07, 6.45) is 5.55. The first kappa shape index (κ1) is 52.2. The van der Waals surface area contributed by atoms with Gasteiger partial charge < -0.3 is 29.6 Å². The zero-order valence-corrected chi connectivity index (χ0v) is 45.0. The number of nitrogens with one attached hydrogen (secondary N) is 2. The number of Topliss-reactive ketones (excluding diaryl/α,β-unsaturated/α-hetero) is 1. The van der Waals surface area contributed by atoms with E-state index in [1.54, 1.807) is 0 Å². The number of alkyl halides is 2. The summed E-state index contributed by atoms with van der Waals surface area (Å²) < 4.78 is 43.0. The minimum atomic E-state index is -2.96. The Labute approximate surface area is 440 Å². The third-order valence-electron chi connectivity index (χ3n) is 18.0. The first-order chi connectivity index (χ1) is 35.0. The van der Waals surface area contributed by atoms with E-state index in [2.05, 4.69) is 135 Å². The number of hydrogen-bond donors (Lipinski definition) is 2. The third-order valence-corrected chi connectivity index (χ3v) is 18.5. The van der Waals surface area contributed by atoms with Crippen LogP contribution in [0.3, 0.4) is 0 Å². The first-order valence-corrected chi connectivity index (χ1v) is 26.9. The molecular formula is C58H72Cl2F2N8O3. The molecule has 4 aliphatic heterocycles. The third kappa shape index (κ3) is 9.37. The van der Waals surface area contributed by atoms with Crippen LogP contribution >= 0.6 is 23.2 Å². The Balaban J connectivity index is 1.10. The highest BCUT2D eigenvalue weighted by Gasteiger charge is 2.77. The number of piperidine rings is 1. The number of ketones is 1. The molecule has 15 heteroatoms. The average molecular weight is 1040 g/mol. The quantitative estimate of drug-likeness (QED) is 0.106. The summed E-state index contributed by atoms with van der Waals surface area (Å²) in [5.41, 5.74) is 3.47. The Hall–Kier alpha value is -4.28. The number of aromatic nitrogens is 2. The lowest BCUT2D eigenvalue weighted by atomic mass is 9.54. The minimum absolute atomic E-state index is 0.00810. The molecule has 0 radical (unpaired) electrons. The molecule has 1 aliphatic carbocycles. The van der Waals surface area contributed by atoms with Gasteiger partial charge in [-0.25, -0.2) is 4.98 Å². The molecule has 4 saturated heterocycles. The van der Waals surface area contributed by atoms with E-state index in [-0.39, 0.29) is 54.6 Å². The molecule has 5 heterocycles. The molecular weight excluding hydrogens is 966 g/mol. The van der Waals surface area contributed by atoms with E-state index in [1.807, 2.05) is 63.7 Å². The Morgan fingerprint density at radius 3 is 2.29 bits per heavy atom. The summed E-state index contributed by atoms with van der Waals surface area (Å²) in [5, 5.41) is 9.29. The molecule has 0 amide bonds. The monoisotopic (exact) mass is 1040 g/mol. The molecule has 2 bridgehead atoms. The van der Waals surface area contributed by atoms with E-state index in [1.165, 1.54) is 5.56 Å². The molecule has 1 spiro atoms. The van der Waals surface area contributed by atoms with Crippen LogP contribution in [0.1, 0.15) is 62.5 Å². The summed E-state index contributed by atoms with van der Waals surface area (Å²) in [5.74, 6) is 2.66. The predicted molar refractivity (Wildman–Crippen MR) is 285 cm³/mol. The lowest BCUT2D eigenvalue weighted by Gasteiger charge is -2.57. The van der Waals surface area contributed by atoms with Crippen molar-refractivity contribution in [3.8, 4) is 22.8 Å². The zero-order valence-electron chi connectivity index (χ0n) is 43.4. The molecule has 12 atom stereocenters. The maximum absolute atomic E-state index is 17.4. The number of halogens is 4. The Morgan fingerprint density at radius 1 is 0.877 bits per heavy atom. The van der Waals surface area contributed by atoms with Crippen molar-refractivity contribution in [3.63, 3.8) is 0 Å². The Bertz CT molecular complexity index is 2730. The lowest BCUT2D eigenvalue weighted by molar-refractivity contribution is -0.158. The van der Waals surface area contributed by atoms with Crippen molar-refractivity contribution in [2.75, 3.05) is 41.3 Å². The van der Waals surface area contributed by atoms with Crippen molar-refractivity contribution in [1.29, 1.82) is 0 Å². The van der Waals surface area contributed by atoms with Crippen LogP contribution in [0.4, 0.5) is 8.78 Å². The van der Waals surface area contributed by atoms with Gasteiger partial charge in [-0.2, -0.15) is 8.78 Å². The summed E-state index contributed by atoms with van der Waals surface area (Å²) in [6, 6.07) is 30.4. The van der Waals surface area contributed by atoms with E-state index in [0.29, 0.717) is 53.9 Å². The van der Waals surface area contributed by atoms with Gasteiger partial charge in [0.05, 0.1) is 35.9 Å². The number of carbonyl (C=O) groups excluding carboxylic acids is 1. The van der Waals surface area contributed by atoms with Crippen molar-refractivity contribution in [2.24, 2.45) is 23.8 Å². The fourth-order valence-corrected chi connectivity index (χ4v) is 15.0. The van der Waals surface area contributed by atoms with Crippen LogP contribution in [0, 0.1) is 16.7 Å². The van der Waals surface area contributed by atoms with Crippen molar-refractivity contribution >= 4 is 29.0 Å². The number of imidazole rings is 1. The topological polar surface area (TPSA) is 90.4 Å². The Morgan fingerprint density at radius 2 is 1.59 bits per heavy atom. The molecule has 390 valence electrons. The highest BCUT2D eigenvalue weighted by Crippen LogP contribution is 2.63. The molecule has 4 aromatic carbocycles. The average Bonchev–Trinajstić information content (AvgIpc) is 4.02. The molecule has 10 rings (SSSR count).